The van der Waals surface area contributed by atoms with Crippen molar-refractivity contribution in [3.05, 3.63) is 53.9 Å². The Bertz CT molecular complexity index is 520. The molecule has 2 aromatic rings. The van der Waals surface area contributed by atoms with Crippen molar-refractivity contribution in [1.82, 2.24) is 4.98 Å². The topological polar surface area (TPSA) is 39.2 Å². The van der Waals surface area contributed by atoms with E-state index < -0.39 is 0 Å². The maximum absolute atomic E-state index is 10.7. The first-order valence-electron chi connectivity index (χ1n) is 5.82. The van der Waals surface area contributed by atoms with E-state index in [1.165, 1.54) is 5.56 Å². The zero-order chi connectivity index (χ0) is 12.8. The highest BCUT2D eigenvalue weighted by atomic mass is 16.5. The van der Waals surface area contributed by atoms with Gasteiger partial charge in [-0.3, -0.25) is 9.78 Å². The maximum Gasteiger partial charge on any atom is 0.151 e. The number of hydrogen-bond acceptors (Lipinski definition) is 3. The molecule has 0 amide bonds. The molecule has 0 fully saturated rings. The molecular weight excluding hydrogens is 226 g/mol. The zero-order valence-corrected chi connectivity index (χ0v) is 10.3. The first kappa shape index (κ1) is 12.5. The third kappa shape index (κ3) is 3.02. The first-order valence-corrected chi connectivity index (χ1v) is 5.82. The summed E-state index contributed by atoms with van der Waals surface area (Å²) < 4.78 is 5.04. The van der Waals surface area contributed by atoms with Crippen molar-refractivity contribution in [3.63, 3.8) is 0 Å². The Kier molecular flexibility index (Phi) is 4.20. The molecule has 92 valence electrons. The van der Waals surface area contributed by atoms with E-state index in [0.29, 0.717) is 5.56 Å². The van der Waals surface area contributed by atoms with Crippen LogP contribution in [0, 0.1) is 0 Å². The molecule has 1 heterocycles. The second-order valence-corrected chi connectivity index (χ2v) is 4.06. The van der Waals surface area contributed by atoms with Crippen molar-refractivity contribution < 1.29 is 9.53 Å². The van der Waals surface area contributed by atoms with Crippen molar-refractivity contribution in [2.24, 2.45) is 0 Å². The van der Waals surface area contributed by atoms with Crippen LogP contribution in [-0.4, -0.2) is 25.0 Å². The predicted octanol–water partition coefficient (Wildman–Crippen LogP) is 2.75. The van der Waals surface area contributed by atoms with Gasteiger partial charge in [-0.05, 0) is 23.6 Å². The van der Waals surface area contributed by atoms with Gasteiger partial charge in [0.1, 0.15) is 0 Å². The average molecular weight is 241 g/mol. The third-order valence-corrected chi connectivity index (χ3v) is 2.78. The molecule has 0 radical (unpaired) electrons. The fraction of sp³-hybridized carbons (Fsp3) is 0.200. The highest BCUT2D eigenvalue weighted by molar-refractivity contribution is 5.77. The number of aromatic nitrogens is 1. The number of aldehydes is 1. The molecule has 0 unspecified atom stereocenters. The van der Waals surface area contributed by atoms with Crippen molar-refractivity contribution in [1.29, 1.82) is 0 Å². The molecular formula is C15H15NO2. The van der Waals surface area contributed by atoms with E-state index in [4.69, 9.17) is 4.74 Å². The van der Waals surface area contributed by atoms with Crippen molar-refractivity contribution in [2.45, 2.75) is 6.42 Å². The number of hydrogen-bond donors (Lipinski definition) is 0. The number of carbonyl (C=O) groups excluding carboxylic acids is 1. The molecule has 0 aliphatic carbocycles. The number of benzene rings is 1. The fourth-order valence-corrected chi connectivity index (χ4v) is 1.76. The van der Waals surface area contributed by atoms with Crippen LogP contribution in [0.15, 0.2) is 42.7 Å². The van der Waals surface area contributed by atoms with E-state index in [-0.39, 0.29) is 0 Å². The molecule has 0 atom stereocenters. The van der Waals surface area contributed by atoms with Gasteiger partial charge in [0.2, 0.25) is 0 Å². The standard InChI is InChI=1S/C15H15NO2/c1-18-7-6-12-2-4-14(5-3-12)15-8-13(11-17)9-16-10-15/h2-5,8-11H,6-7H2,1H3. The fourth-order valence-electron chi connectivity index (χ4n) is 1.76. The van der Waals surface area contributed by atoms with E-state index >= 15 is 0 Å². The van der Waals surface area contributed by atoms with Crippen LogP contribution in [0.1, 0.15) is 15.9 Å². The van der Waals surface area contributed by atoms with Crippen LogP contribution < -0.4 is 0 Å². The minimum atomic E-state index is 0.593. The van der Waals surface area contributed by atoms with Crippen LogP contribution in [0.5, 0.6) is 0 Å². The largest absolute Gasteiger partial charge is 0.384 e. The Labute approximate surface area is 106 Å². The summed E-state index contributed by atoms with van der Waals surface area (Å²) >= 11 is 0. The Balaban J connectivity index is 2.20. The predicted molar refractivity (Wildman–Crippen MR) is 70.6 cm³/mol. The smallest absolute Gasteiger partial charge is 0.151 e. The highest BCUT2D eigenvalue weighted by Gasteiger charge is 2.00. The van der Waals surface area contributed by atoms with E-state index in [1.54, 1.807) is 19.5 Å². The summed E-state index contributed by atoms with van der Waals surface area (Å²) in [5, 5.41) is 0. The van der Waals surface area contributed by atoms with Crippen LogP contribution >= 0.6 is 0 Å². The van der Waals surface area contributed by atoms with Gasteiger partial charge in [-0.15, -0.1) is 0 Å². The number of nitrogens with zero attached hydrogens (tertiary/aromatic N) is 1. The van der Waals surface area contributed by atoms with Gasteiger partial charge in [-0.2, -0.15) is 0 Å². The third-order valence-electron chi connectivity index (χ3n) is 2.78. The zero-order valence-electron chi connectivity index (χ0n) is 10.3. The van der Waals surface area contributed by atoms with Crippen LogP contribution in [0.4, 0.5) is 0 Å². The lowest BCUT2D eigenvalue weighted by atomic mass is 10.0. The van der Waals surface area contributed by atoms with Crippen LogP contribution in [0.2, 0.25) is 0 Å². The molecule has 0 aliphatic heterocycles. The second kappa shape index (κ2) is 6.07. The van der Waals surface area contributed by atoms with E-state index in [0.717, 1.165) is 30.4 Å². The van der Waals surface area contributed by atoms with Gasteiger partial charge in [0.25, 0.3) is 0 Å². The summed E-state index contributed by atoms with van der Waals surface area (Å²) in [5.74, 6) is 0. The van der Waals surface area contributed by atoms with Crippen molar-refractivity contribution in [2.75, 3.05) is 13.7 Å². The van der Waals surface area contributed by atoms with Gasteiger partial charge in [0.05, 0.1) is 6.61 Å². The first-order chi connectivity index (χ1) is 8.83. The van der Waals surface area contributed by atoms with Gasteiger partial charge in [-0.25, -0.2) is 0 Å². The van der Waals surface area contributed by atoms with Gasteiger partial charge >= 0.3 is 0 Å². The molecule has 0 aliphatic rings. The Hall–Kier alpha value is -2.00. The van der Waals surface area contributed by atoms with E-state index in [2.05, 4.69) is 17.1 Å². The summed E-state index contributed by atoms with van der Waals surface area (Å²) in [7, 11) is 1.70. The van der Waals surface area contributed by atoms with Crippen LogP contribution in [0.25, 0.3) is 11.1 Å². The monoisotopic (exact) mass is 241 g/mol. The molecule has 3 nitrogen and oxygen atoms in total. The summed E-state index contributed by atoms with van der Waals surface area (Å²) in [5.41, 5.74) is 3.85. The van der Waals surface area contributed by atoms with E-state index in [1.807, 2.05) is 18.2 Å². The molecule has 0 saturated carbocycles. The quantitative estimate of drug-likeness (QED) is 0.755. The maximum atomic E-state index is 10.7. The van der Waals surface area contributed by atoms with Crippen LogP contribution in [0.3, 0.4) is 0 Å². The highest BCUT2D eigenvalue weighted by Crippen LogP contribution is 2.19. The van der Waals surface area contributed by atoms with Gasteiger partial charge in [0, 0.05) is 30.6 Å². The average Bonchev–Trinajstić information content (AvgIpc) is 2.46. The SMILES string of the molecule is COCCc1ccc(-c2cncc(C=O)c2)cc1. The van der Waals surface area contributed by atoms with Gasteiger partial charge in [-0.1, -0.05) is 24.3 Å². The van der Waals surface area contributed by atoms with Gasteiger partial charge in [0.15, 0.2) is 6.29 Å². The number of ether oxygens (including phenoxy) is 1. The Morgan fingerprint density at radius 2 is 1.94 bits per heavy atom. The summed E-state index contributed by atoms with van der Waals surface area (Å²) in [6, 6.07) is 10.1. The normalized spacial score (nSPS) is 10.3. The lowest BCUT2D eigenvalue weighted by Gasteiger charge is -2.04. The Morgan fingerprint density at radius 3 is 2.61 bits per heavy atom. The molecule has 0 bridgehead atoms. The lowest BCUT2D eigenvalue weighted by molar-refractivity contribution is 0.112. The minimum Gasteiger partial charge on any atom is -0.384 e. The van der Waals surface area contributed by atoms with E-state index in [9.17, 15) is 4.79 Å². The second-order valence-electron chi connectivity index (χ2n) is 4.06. The lowest BCUT2D eigenvalue weighted by Crippen LogP contribution is -1.94. The molecule has 2 rings (SSSR count). The molecule has 0 spiro atoms. The molecule has 0 saturated heterocycles. The minimum absolute atomic E-state index is 0.593. The molecule has 18 heavy (non-hydrogen) atoms. The number of carbonyl (C=O) groups is 1. The molecule has 1 aromatic heterocycles. The summed E-state index contributed by atoms with van der Waals surface area (Å²) in [6.45, 7) is 0.724. The Morgan fingerprint density at radius 1 is 1.17 bits per heavy atom. The number of rotatable bonds is 5. The number of methoxy groups -OCH3 is 1. The van der Waals surface area contributed by atoms with Crippen molar-refractivity contribution in [3.8, 4) is 11.1 Å². The summed E-state index contributed by atoms with van der Waals surface area (Å²) in [4.78, 5) is 14.8. The summed E-state index contributed by atoms with van der Waals surface area (Å²) in [6.07, 6.45) is 5.04. The van der Waals surface area contributed by atoms with Crippen molar-refractivity contribution >= 4 is 6.29 Å². The molecule has 1 aromatic carbocycles. The van der Waals surface area contributed by atoms with Crippen LogP contribution in [-0.2, 0) is 11.2 Å². The molecule has 3 heteroatoms. The van der Waals surface area contributed by atoms with Gasteiger partial charge < -0.3 is 4.74 Å². The number of pyridine rings is 1. The molecule has 0 N–H and O–H groups in total.